The minimum absolute atomic E-state index is 0.0771. The van der Waals surface area contributed by atoms with Crippen molar-refractivity contribution in [1.82, 2.24) is 4.98 Å². The number of carbonyl (C=O) groups is 1. The summed E-state index contributed by atoms with van der Waals surface area (Å²) >= 11 is 1.34. The van der Waals surface area contributed by atoms with Crippen LogP contribution < -0.4 is 11.1 Å². The Morgan fingerprint density at radius 3 is 2.86 bits per heavy atom. The number of aromatic nitrogens is 1. The van der Waals surface area contributed by atoms with E-state index in [9.17, 15) is 9.18 Å². The van der Waals surface area contributed by atoms with E-state index in [4.69, 9.17) is 5.73 Å². The summed E-state index contributed by atoms with van der Waals surface area (Å²) in [5.41, 5.74) is 7.07. The van der Waals surface area contributed by atoms with Gasteiger partial charge in [0.1, 0.15) is 5.82 Å². The number of benzene rings is 2. The molecule has 6 heteroatoms. The van der Waals surface area contributed by atoms with Crippen LogP contribution in [-0.2, 0) is 0 Å². The maximum Gasteiger partial charge on any atom is 0.260 e. The van der Waals surface area contributed by atoms with Gasteiger partial charge in [-0.3, -0.25) is 10.1 Å². The van der Waals surface area contributed by atoms with E-state index in [1.807, 2.05) is 24.3 Å². The molecule has 106 valence electrons. The molecule has 0 aliphatic rings. The predicted octanol–water partition coefficient (Wildman–Crippen LogP) is 3.58. The Hall–Kier alpha value is -2.47. The number of nitrogens with zero attached hydrogens (tertiary/aromatic N) is 1. The lowest BCUT2D eigenvalue weighted by Gasteiger charge is -2.06. The molecule has 0 radical (unpaired) electrons. The second-order valence-corrected chi connectivity index (χ2v) is 5.67. The summed E-state index contributed by atoms with van der Waals surface area (Å²) in [6.07, 6.45) is 0. The van der Waals surface area contributed by atoms with Crippen molar-refractivity contribution in [2.75, 3.05) is 11.1 Å². The van der Waals surface area contributed by atoms with Crippen LogP contribution >= 0.6 is 11.3 Å². The van der Waals surface area contributed by atoms with E-state index >= 15 is 0 Å². The molecule has 1 aromatic heterocycles. The summed E-state index contributed by atoms with van der Waals surface area (Å²) in [5, 5.41) is 3.05. The summed E-state index contributed by atoms with van der Waals surface area (Å²) in [7, 11) is 0. The molecule has 3 aromatic rings. The molecule has 0 saturated carbocycles. The molecule has 21 heavy (non-hydrogen) atoms. The zero-order valence-electron chi connectivity index (χ0n) is 11.2. The number of hydrogen-bond acceptors (Lipinski definition) is 4. The van der Waals surface area contributed by atoms with Crippen LogP contribution in [0.5, 0.6) is 0 Å². The lowest BCUT2D eigenvalue weighted by molar-refractivity contribution is 0.102. The van der Waals surface area contributed by atoms with Crippen molar-refractivity contribution >= 4 is 38.3 Å². The van der Waals surface area contributed by atoms with Crippen LogP contribution in [0.15, 0.2) is 36.4 Å². The van der Waals surface area contributed by atoms with Gasteiger partial charge in [-0.25, -0.2) is 9.37 Å². The largest absolute Gasteiger partial charge is 0.399 e. The number of rotatable bonds is 2. The number of halogens is 1. The van der Waals surface area contributed by atoms with E-state index in [0.717, 1.165) is 10.2 Å². The van der Waals surface area contributed by atoms with Crippen LogP contribution in [0.25, 0.3) is 10.2 Å². The van der Waals surface area contributed by atoms with Gasteiger partial charge < -0.3 is 5.73 Å². The lowest BCUT2D eigenvalue weighted by atomic mass is 10.1. The fourth-order valence-corrected chi connectivity index (χ4v) is 2.91. The maximum absolute atomic E-state index is 14.0. The van der Waals surface area contributed by atoms with Gasteiger partial charge in [0.2, 0.25) is 0 Å². The number of aryl methyl sites for hydroxylation is 1. The standard InChI is InChI=1S/C15H12FN3OS/c1-8-6-9(17)7-10(13(8)16)14(20)19-15-18-11-4-2-3-5-12(11)21-15/h2-7H,17H2,1H3,(H,18,19,20). The Labute approximate surface area is 124 Å². The van der Waals surface area contributed by atoms with Crippen LogP contribution in [0.3, 0.4) is 0 Å². The number of carbonyl (C=O) groups excluding carboxylic acids is 1. The molecule has 3 N–H and O–H groups in total. The van der Waals surface area contributed by atoms with Crippen LogP contribution in [-0.4, -0.2) is 10.9 Å². The summed E-state index contributed by atoms with van der Waals surface area (Å²) in [6.45, 7) is 1.57. The van der Waals surface area contributed by atoms with E-state index in [0.29, 0.717) is 16.4 Å². The lowest BCUT2D eigenvalue weighted by Crippen LogP contribution is -2.14. The molecule has 0 fully saturated rings. The highest BCUT2D eigenvalue weighted by atomic mass is 32.1. The number of hydrogen-bond donors (Lipinski definition) is 2. The molecular formula is C15H12FN3OS. The third-order valence-corrected chi connectivity index (χ3v) is 3.99. The molecule has 3 rings (SSSR count). The monoisotopic (exact) mass is 301 g/mol. The summed E-state index contributed by atoms with van der Waals surface area (Å²) in [4.78, 5) is 16.5. The van der Waals surface area contributed by atoms with Gasteiger partial charge in [0, 0.05) is 5.69 Å². The third-order valence-electron chi connectivity index (χ3n) is 3.04. The van der Waals surface area contributed by atoms with Crippen molar-refractivity contribution in [2.24, 2.45) is 0 Å². The van der Waals surface area contributed by atoms with Crippen molar-refractivity contribution in [3.8, 4) is 0 Å². The molecule has 2 aromatic carbocycles. The average Bonchev–Trinajstić information content (AvgIpc) is 2.84. The van der Waals surface area contributed by atoms with Crippen molar-refractivity contribution in [3.05, 3.63) is 53.3 Å². The number of nitrogens with two attached hydrogens (primary N) is 1. The Morgan fingerprint density at radius 1 is 1.33 bits per heavy atom. The molecule has 0 aliphatic heterocycles. The quantitative estimate of drug-likeness (QED) is 0.711. The number of nitrogen functional groups attached to an aromatic ring is 1. The van der Waals surface area contributed by atoms with E-state index in [2.05, 4.69) is 10.3 Å². The zero-order chi connectivity index (χ0) is 15.0. The highest BCUT2D eigenvalue weighted by Gasteiger charge is 2.16. The molecule has 0 spiro atoms. The van der Waals surface area contributed by atoms with Gasteiger partial charge >= 0.3 is 0 Å². The Balaban J connectivity index is 1.93. The Morgan fingerprint density at radius 2 is 2.10 bits per heavy atom. The Kier molecular flexibility index (Phi) is 3.31. The van der Waals surface area contributed by atoms with Crippen molar-refractivity contribution in [3.63, 3.8) is 0 Å². The molecule has 0 saturated heterocycles. The minimum atomic E-state index is -0.567. The normalized spacial score (nSPS) is 10.8. The Bertz CT molecular complexity index is 811. The van der Waals surface area contributed by atoms with Gasteiger partial charge in [-0.15, -0.1) is 0 Å². The maximum atomic E-state index is 14.0. The number of fused-ring (bicyclic) bond motifs is 1. The number of anilines is 2. The van der Waals surface area contributed by atoms with E-state index in [1.165, 1.54) is 23.5 Å². The second-order valence-electron chi connectivity index (χ2n) is 4.64. The third kappa shape index (κ3) is 2.57. The van der Waals surface area contributed by atoms with Crippen LogP contribution in [0.2, 0.25) is 0 Å². The molecule has 1 heterocycles. The fourth-order valence-electron chi connectivity index (χ4n) is 2.05. The van der Waals surface area contributed by atoms with Crippen LogP contribution in [0, 0.1) is 12.7 Å². The number of para-hydroxylation sites is 1. The van der Waals surface area contributed by atoms with Gasteiger partial charge in [-0.2, -0.15) is 0 Å². The van der Waals surface area contributed by atoms with Crippen LogP contribution in [0.1, 0.15) is 15.9 Å². The van der Waals surface area contributed by atoms with Crippen molar-refractivity contribution in [2.45, 2.75) is 6.92 Å². The van der Waals surface area contributed by atoms with Gasteiger partial charge in [0.25, 0.3) is 5.91 Å². The fraction of sp³-hybridized carbons (Fsp3) is 0.0667. The van der Waals surface area contributed by atoms with Gasteiger partial charge in [-0.05, 0) is 36.8 Å². The summed E-state index contributed by atoms with van der Waals surface area (Å²) in [6, 6.07) is 10.3. The van der Waals surface area contributed by atoms with E-state index in [-0.39, 0.29) is 5.56 Å². The van der Waals surface area contributed by atoms with Gasteiger partial charge in [0.15, 0.2) is 5.13 Å². The molecule has 0 unspecified atom stereocenters. The molecule has 1 amide bonds. The predicted molar refractivity (Wildman–Crippen MR) is 83.1 cm³/mol. The number of nitrogens with one attached hydrogen (secondary N) is 1. The molecule has 0 aliphatic carbocycles. The minimum Gasteiger partial charge on any atom is -0.399 e. The molecule has 0 bridgehead atoms. The topological polar surface area (TPSA) is 68.0 Å². The molecule has 4 nitrogen and oxygen atoms in total. The molecular weight excluding hydrogens is 289 g/mol. The first kappa shape index (κ1) is 13.5. The molecule has 0 atom stereocenters. The van der Waals surface area contributed by atoms with Crippen LogP contribution in [0.4, 0.5) is 15.2 Å². The van der Waals surface area contributed by atoms with Crippen molar-refractivity contribution < 1.29 is 9.18 Å². The average molecular weight is 301 g/mol. The number of thiazole rings is 1. The summed E-state index contributed by atoms with van der Waals surface area (Å²) < 4.78 is 15.0. The zero-order valence-corrected chi connectivity index (χ0v) is 12.0. The second kappa shape index (κ2) is 5.14. The van der Waals surface area contributed by atoms with Crippen molar-refractivity contribution in [1.29, 1.82) is 0 Å². The first-order chi connectivity index (χ1) is 10.0. The van der Waals surface area contributed by atoms with E-state index in [1.54, 1.807) is 6.92 Å². The highest BCUT2D eigenvalue weighted by Crippen LogP contribution is 2.26. The SMILES string of the molecule is Cc1cc(N)cc(C(=O)Nc2nc3ccccc3s2)c1F. The highest BCUT2D eigenvalue weighted by molar-refractivity contribution is 7.22. The first-order valence-corrected chi connectivity index (χ1v) is 7.09. The summed E-state index contributed by atoms with van der Waals surface area (Å²) in [5.74, 6) is -1.12. The first-order valence-electron chi connectivity index (χ1n) is 6.27. The van der Waals surface area contributed by atoms with Gasteiger partial charge in [-0.1, -0.05) is 23.5 Å². The number of amides is 1. The smallest absolute Gasteiger partial charge is 0.260 e. The van der Waals surface area contributed by atoms with Gasteiger partial charge in [0.05, 0.1) is 15.8 Å². The van der Waals surface area contributed by atoms with E-state index < -0.39 is 11.7 Å².